The monoisotopic (exact) mass is 264 g/mol. The Morgan fingerprint density at radius 1 is 1.42 bits per heavy atom. The molecule has 19 heavy (non-hydrogen) atoms. The van der Waals surface area contributed by atoms with Gasteiger partial charge in [0.05, 0.1) is 19.3 Å². The normalized spacial score (nSPS) is 12.7. The Kier molecular flexibility index (Phi) is 4.19. The smallest absolute Gasteiger partial charge is 0.371 e. The second kappa shape index (κ2) is 5.86. The van der Waals surface area contributed by atoms with E-state index in [4.69, 9.17) is 19.0 Å². The molecular weight excluding hydrogens is 248 g/mol. The van der Waals surface area contributed by atoms with Gasteiger partial charge in [0.2, 0.25) is 5.76 Å². The number of methoxy groups -OCH3 is 1. The number of rotatable bonds is 6. The molecule has 0 bridgehead atoms. The van der Waals surface area contributed by atoms with Crippen molar-refractivity contribution in [1.82, 2.24) is 0 Å². The van der Waals surface area contributed by atoms with Gasteiger partial charge in [0.25, 0.3) is 0 Å². The van der Waals surface area contributed by atoms with Crippen LogP contribution in [0.1, 0.15) is 23.0 Å². The lowest BCUT2D eigenvalue weighted by molar-refractivity contribution is -0.0000911. The topological polar surface area (TPSA) is 68.9 Å². The van der Waals surface area contributed by atoms with Crippen LogP contribution >= 0.6 is 0 Å². The zero-order valence-corrected chi connectivity index (χ0v) is 10.9. The number of carbonyl (C=O) groups is 1. The van der Waals surface area contributed by atoms with Gasteiger partial charge in [-0.05, 0) is 30.7 Å². The van der Waals surface area contributed by atoms with Crippen LogP contribution in [0.25, 0.3) is 11.0 Å². The second-order valence-electron chi connectivity index (χ2n) is 4.36. The molecule has 0 radical (unpaired) electrons. The molecule has 0 aliphatic rings. The van der Waals surface area contributed by atoms with Crippen molar-refractivity contribution in [3.63, 3.8) is 0 Å². The van der Waals surface area contributed by atoms with Gasteiger partial charge >= 0.3 is 5.97 Å². The highest BCUT2D eigenvalue weighted by Crippen LogP contribution is 2.21. The molecule has 0 spiro atoms. The number of hydrogen-bond donors (Lipinski definition) is 1. The fraction of sp³-hybridized carbons (Fsp3) is 0.357. The van der Waals surface area contributed by atoms with E-state index in [-0.39, 0.29) is 11.9 Å². The Morgan fingerprint density at radius 3 is 2.89 bits per heavy atom. The lowest BCUT2D eigenvalue weighted by Crippen LogP contribution is -2.14. The first kappa shape index (κ1) is 13.6. The maximum atomic E-state index is 10.8. The molecule has 1 aromatic carbocycles. The molecule has 1 N–H and O–H groups in total. The predicted octanol–water partition coefficient (Wildman–Crippen LogP) is 2.68. The van der Waals surface area contributed by atoms with Gasteiger partial charge in [-0.15, -0.1) is 0 Å². The predicted molar refractivity (Wildman–Crippen MR) is 69.3 cm³/mol. The first-order chi connectivity index (χ1) is 9.10. The summed E-state index contributed by atoms with van der Waals surface area (Å²) in [7, 11) is 1.63. The summed E-state index contributed by atoms with van der Waals surface area (Å²) in [6.45, 7) is 2.92. The number of carboxylic acids is 1. The quantitative estimate of drug-likeness (QED) is 0.868. The fourth-order valence-electron chi connectivity index (χ4n) is 1.81. The van der Waals surface area contributed by atoms with Crippen LogP contribution in [-0.2, 0) is 16.1 Å². The number of benzene rings is 1. The first-order valence-electron chi connectivity index (χ1n) is 5.96. The van der Waals surface area contributed by atoms with E-state index in [0.717, 1.165) is 10.9 Å². The van der Waals surface area contributed by atoms with Crippen molar-refractivity contribution in [2.24, 2.45) is 0 Å². The van der Waals surface area contributed by atoms with Crippen LogP contribution in [0, 0.1) is 0 Å². The molecule has 5 heteroatoms. The van der Waals surface area contributed by atoms with E-state index < -0.39 is 5.97 Å². The largest absolute Gasteiger partial charge is 0.475 e. The molecule has 0 saturated carbocycles. The highest BCUT2D eigenvalue weighted by Gasteiger charge is 2.11. The Balaban J connectivity index is 2.10. The van der Waals surface area contributed by atoms with Crippen LogP contribution in [0.5, 0.6) is 0 Å². The number of fused-ring (bicyclic) bond motifs is 1. The summed E-state index contributed by atoms with van der Waals surface area (Å²) in [5.41, 5.74) is 1.53. The van der Waals surface area contributed by atoms with Gasteiger partial charge in [-0.1, -0.05) is 6.07 Å². The Labute approximate surface area is 110 Å². The molecule has 2 rings (SSSR count). The summed E-state index contributed by atoms with van der Waals surface area (Å²) in [6.07, 6.45) is 0.0135. The van der Waals surface area contributed by atoms with Crippen LogP contribution in [0.2, 0.25) is 0 Å². The Morgan fingerprint density at radius 2 is 2.21 bits per heavy atom. The molecule has 1 heterocycles. The third-order valence-corrected chi connectivity index (χ3v) is 2.73. The number of ether oxygens (including phenoxy) is 2. The van der Waals surface area contributed by atoms with E-state index in [1.165, 1.54) is 6.07 Å². The summed E-state index contributed by atoms with van der Waals surface area (Å²) >= 11 is 0. The second-order valence-corrected chi connectivity index (χ2v) is 4.36. The van der Waals surface area contributed by atoms with Gasteiger partial charge in [-0.3, -0.25) is 0 Å². The van der Waals surface area contributed by atoms with Crippen molar-refractivity contribution in [3.8, 4) is 0 Å². The van der Waals surface area contributed by atoms with E-state index in [1.807, 2.05) is 19.1 Å². The highest BCUT2D eigenvalue weighted by molar-refractivity contribution is 5.91. The number of aromatic carboxylic acids is 1. The minimum Gasteiger partial charge on any atom is -0.475 e. The zero-order chi connectivity index (χ0) is 13.8. The molecular formula is C14H16O5. The van der Waals surface area contributed by atoms with E-state index in [2.05, 4.69) is 0 Å². The molecule has 5 nitrogen and oxygen atoms in total. The zero-order valence-electron chi connectivity index (χ0n) is 10.9. The SMILES string of the molecule is COCC(C)OCc1ccc2oc(C(=O)O)cc2c1. The van der Waals surface area contributed by atoms with E-state index >= 15 is 0 Å². The summed E-state index contributed by atoms with van der Waals surface area (Å²) < 4.78 is 15.8. The molecule has 1 aromatic heterocycles. The average Bonchev–Trinajstić information content (AvgIpc) is 2.80. The first-order valence-corrected chi connectivity index (χ1v) is 5.96. The molecule has 2 aromatic rings. The van der Waals surface area contributed by atoms with E-state index in [0.29, 0.717) is 18.8 Å². The van der Waals surface area contributed by atoms with Crippen molar-refractivity contribution in [2.45, 2.75) is 19.6 Å². The molecule has 1 unspecified atom stereocenters. The molecule has 1 atom stereocenters. The summed E-state index contributed by atoms with van der Waals surface area (Å²) in [5, 5.41) is 9.62. The molecule has 0 aliphatic carbocycles. The van der Waals surface area contributed by atoms with E-state index in [1.54, 1.807) is 13.2 Å². The molecule has 0 amide bonds. The van der Waals surface area contributed by atoms with Crippen LogP contribution in [0.3, 0.4) is 0 Å². The van der Waals surface area contributed by atoms with Crippen LogP contribution in [-0.4, -0.2) is 30.9 Å². The maximum Gasteiger partial charge on any atom is 0.371 e. The Hall–Kier alpha value is -1.85. The maximum absolute atomic E-state index is 10.8. The number of furan rings is 1. The third-order valence-electron chi connectivity index (χ3n) is 2.73. The molecule has 0 fully saturated rings. The average molecular weight is 264 g/mol. The van der Waals surface area contributed by atoms with Gasteiger partial charge in [-0.2, -0.15) is 0 Å². The number of carboxylic acid groups (broad SMARTS) is 1. The third kappa shape index (κ3) is 3.33. The minimum absolute atomic E-state index is 0.0135. The fourth-order valence-corrected chi connectivity index (χ4v) is 1.81. The summed E-state index contributed by atoms with van der Waals surface area (Å²) in [4.78, 5) is 10.8. The van der Waals surface area contributed by atoms with Crippen molar-refractivity contribution < 1.29 is 23.8 Å². The lowest BCUT2D eigenvalue weighted by Gasteiger charge is -2.11. The summed E-state index contributed by atoms with van der Waals surface area (Å²) in [6, 6.07) is 6.99. The number of hydrogen-bond acceptors (Lipinski definition) is 4. The van der Waals surface area contributed by atoms with Crippen LogP contribution < -0.4 is 0 Å². The Bertz CT molecular complexity index is 572. The van der Waals surface area contributed by atoms with Crippen molar-refractivity contribution in [1.29, 1.82) is 0 Å². The molecule has 0 aliphatic heterocycles. The highest BCUT2D eigenvalue weighted by atomic mass is 16.5. The lowest BCUT2D eigenvalue weighted by atomic mass is 10.1. The van der Waals surface area contributed by atoms with Gasteiger partial charge in [0.15, 0.2) is 0 Å². The minimum atomic E-state index is -1.07. The van der Waals surface area contributed by atoms with Gasteiger partial charge in [0, 0.05) is 12.5 Å². The van der Waals surface area contributed by atoms with Gasteiger partial charge < -0.3 is 19.0 Å². The van der Waals surface area contributed by atoms with E-state index in [9.17, 15) is 4.79 Å². The van der Waals surface area contributed by atoms with Gasteiger partial charge in [0.1, 0.15) is 5.58 Å². The van der Waals surface area contributed by atoms with Crippen molar-refractivity contribution in [2.75, 3.05) is 13.7 Å². The van der Waals surface area contributed by atoms with Gasteiger partial charge in [-0.25, -0.2) is 4.79 Å². The molecule has 0 saturated heterocycles. The van der Waals surface area contributed by atoms with Crippen molar-refractivity contribution in [3.05, 3.63) is 35.6 Å². The molecule has 102 valence electrons. The van der Waals surface area contributed by atoms with Crippen molar-refractivity contribution >= 4 is 16.9 Å². The van der Waals surface area contributed by atoms with Crippen LogP contribution in [0.15, 0.2) is 28.7 Å². The standard InChI is InChI=1S/C14H16O5/c1-9(7-17-2)18-8-10-3-4-12-11(5-10)6-13(19-12)14(15)16/h3-6,9H,7-8H2,1-2H3,(H,15,16). The summed E-state index contributed by atoms with van der Waals surface area (Å²) in [5.74, 6) is -1.12. The van der Waals surface area contributed by atoms with Crippen LogP contribution in [0.4, 0.5) is 0 Å².